The molecule has 0 unspecified atom stereocenters. The van der Waals surface area contributed by atoms with E-state index in [1.165, 1.54) is 20.7 Å². The molecule has 0 atom stereocenters. The maximum atomic E-state index is 7.53. The molecule has 0 aliphatic heterocycles. The Balaban J connectivity index is 1.48. The van der Waals surface area contributed by atoms with Gasteiger partial charge in [-0.3, -0.25) is 0 Å². The normalized spacial score (nSPS) is 13.9. The first-order chi connectivity index (χ1) is 21.6. The third kappa shape index (κ3) is 5.46. The fourth-order valence-electron chi connectivity index (χ4n) is 6.99. The molecule has 0 saturated heterocycles. The number of hydrogen-bond acceptors (Lipinski definition) is 2. The number of benzene rings is 5. The van der Waals surface area contributed by atoms with Crippen LogP contribution in [0.15, 0.2) is 146 Å². The third-order valence-corrected chi connectivity index (χ3v) is 19.0. The van der Waals surface area contributed by atoms with E-state index < -0.39 is 16.6 Å². The highest BCUT2D eigenvalue weighted by molar-refractivity contribution is 7.00. The SMILES string of the molecule is CC(C)(C)[Si](O[C]1C=Cc2c(O[Si](c3ccccc3)(c3ccccc3)C(C)(C)C)cccc21)(c1ccccc1)c1ccccc1. The van der Waals surface area contributed by atoms with Crippen LogP contribution in [0.3, 0.4) is 0 Å². The van der Waals surface area contributed by atoms with Gasteiger partial charge in [-0.1, -0.05) is 181 Å². The van der Waals surface area contributed by atoms with Crippen LogP contribution >= 0.6 is 0 Å². The summed E-state index contributed by atoms with van der Waals surface area (Å²) in [6.45, 7) is 13.9. The summed E-state index contributed by atoms with van der Waals surface area (Å²) in [5.74, 6) is 0.902. The van der Waals surface area contributed by atoms with Crippen LogP contribution in [-0.4, -0.2) is 16.6 Å². The molecule has 0 bridgehead atoms. The molecule has 0 N–H and O–H groups in total. The van der Waals surface area contributed by atoms with Crippen molar-refractivity contribution in [2.75, 3.05) is 0 Å². The van der Waals surface area contributed by atoms with E-state index >= 15 is 0 Å². The van der Waals surface area contributed by atoms with Crippen LogP contribution in [0.5, 0.6) is 5.75 Å². The van der Waals surface area contributed by atoms with Gasteiger partial charge < -0.3 is 8.85 Å². The molecule has 0 heterocycles. The fraction of sp³-hybridized carbons (Fsp3) is 0.195. The molecule has 1 aliphatic rings. The zero-order valence-electron chi connectivity index (χ0n) is 27.3. The summed E-state index contributed by atoms with van der Waals surface area (Å²) in [6, 6.07) is 49.8. The van der Waals surface area contributed by atoms with Gasteiger partial charge in [0.25, 0.3) is 8.32 Å². The van der Waals surface area contributed by atoms with Crippen LogP contribution in [0.4, 0.5) is 0 Å². The van der Waals surface area contributed by atoms with Crippen LogP contribution in [0, 0.1) is 6.10 Å². The van der Waals surface area contributed by atoms with E-state index in [2.05, 4.69) is 193 Å². The Hall–Kier alpha value is -3.97. The first-order valence-electron chi connectivity index (χ1n) is 15.9. The topological polar surface area (TPSA) is 18.5 Å². The lowest BCUT2D eigenvalue weighted by Crippen LogP contribution is -2.68. The van der Waals surface area contributed by atoms with Crippen molar-refractivity contribution >= 4 is 43.5 Å². The van der Waals surface area contributed by atoms with Crippen LogP contribution in [-0.2, 0) is 4.43 Å². The zero-order chi connectivity index (χ0) is 31.7. The minimum atomic E-state index is -2.81. The Morgan fingerprint density at radius 1 is 0.400 bits per heavy atom. The fourth-order valence-corrected chi connectivity index (χ4v) is 15.9. The molecule has 1 radical (unpaired) electrons. The molecule has 6 rings (SSSR count). The molecule has 0 spiro atoms. The van der Waals surface area contributed by atoms with Crippen LogP contribution < -0.4 is 25.2 Å². The molecule has 0 amide bonds. The summed E-state index contributed by atoms with van der Waals surface area (Å²) in [5.41, 5.74) is 2.16. The summed E-state index contributed by atoms with van der Waals surface area (Å²) in [4.78, 5) is 0. The molecule has 5 aromatic carbocycles. The lowest BCUT2D eigenvalue weighted by atomic mass is 10.1. The molecule has 2 nitrogen and oxygen atoms in total. The minimum Gasteiger partial charge on any atom is -0.534 e. The molecule has 1 aliphatic carbocycles. The highest BCUT2D eigenvalue weighted by Crippen LogP contribution is 2.45. The number of rotatable bonds is 8. The lowest BCUT2D eigenvalue weighted by molar-refractivity contribution is 0.359. The maximum absolute atomic E-state index is 7.53. The summed E-state index contributed by atoms with van der Waals surface area (Å²) in [5, 5.41) is 4.77. The van der Waals surface area contributed by atoms with Crippen molar-refractivity contribution in [3.63, 3.8) is 0 Å². The molecule has 227 valence electrons. The van der Waals surface area contributed by atoms with Crippen LogP contribution in [0.25, 0.3) is 6.08 Å². The summed E-state index contributed by atoms with van der Waals surface area (Å²) in [7, 11) is -5.61. The van der Waals surface area contributed by atoms with Crippen LogP contribution in [0.2, 0.25) is 10.1 Å². The van der Waals surface area contributed by atoms with Crippen molar-refractivity contribution < 1.29 is 8.85 Å². The Morgan fingerprint density at radius 3 is 1.16 bits per heavy atom. The van der Waals surface area contributed by atoms with Gasteiger partial charge in [0.15, 0.2) is 0 Å². The van der Waals surface area contributed by atoms with Gasteiger partial charge in [-0.15, -0.1) is 0 Å². The molecule has 5 aromatic rings. The van der Waals surface area contributed by atoms with Gasteiger partial charge in [0, 0.05) is 11.1 Å². The average molecular weight is 624 g/mol. The van der Waals surface area contributed by atoms with Gasteiger partial charge in [0.05, 0.1) is 0 Å². The van der Waals surface area contributed by atoms with Gasteiger partial charge >= 0.3 is 8.32 Å². The third-order valence-electron chi connectivity index (χ3n) is 9.09. The van der Waals surface area contributed by atoms with Crippen molar-refractivity contribution in [2.45, 2.75) is 51.6 Å². The van der Waals surface area contributed by atoms with E-state index in [1.54, 1.807) is 0 Å². The summed E-state index contributed by atoms with van der Waals surface area (Å²) in [6.07, 6.45) is 5.25. The Kier molecular flexibility index (Phi) is 8.34. The first kappa shape index (κ1) is 31.0. The van der Waals surface area contributed by atoms with Crippen molar-refractivity contribution in [2.24, 2.45) is 0 Å². The predicted molar refractivity (Wildman–Crippen MR) is 195 cm³/mol. The van der Waals surface area contributed by atoms with Gasteiger partial charge in [-0.05, 0) is 43.0 Å². The Labute approximate surface area is 271 Å². The summed E-state index contributed by atoms with van der Waals surface area (Å²) >= 11 is 0. The second-order valence-electron chi connectivity index (χ2n) is 13.9. The molecule has 0 saturated carbocycles. The Morgan fingerprint density at radius 2 is 0.778 bits per heavy atom. The zero-order valence-corrected chi connectivity index (χ0v) is 29.3. The van der Waals surface area contributed by atoms with Crippen LogP contribution in [0.1, 0.15) is 52.7 Å². The van der Waals surface area contributed by atoms with Gasteiger partial charge in [-0.25, -0.2) is 0 Å². The summed E-state index contributed by atoms with van der Waals surface area (Å²) < 4.78 is 15.0. The second-order valence-corrected chi connectivity index (χ2v) is 22.4. The van der Waals surface area contributed by atoms with E-state index in [1.807, 2.05) is 0 Å². The lowest BCUT2D eigenvalue weighted by Gasteiger charge is -2.44. The van der Waals surface area contributed by atoms with E-state index in [0.29, 0.717) is 0 Å². The molecular formula is C41H43O2Si2. The molecule has 0 fully saturated rings. The van der Waals surface area contributed by atoms with E-state index in [0.717, 1.165) is 23.0 Å². The van der Waals surface area contributed by atoms with E-state index in [-0.39, 0.29) is 10.1 Å². The first-order valence-corrected chi connectivity index (χ1v) is 19.7. The number of hydrogen-bond donors (Lipinski definition) is 0. The number of fused-ring (bicyclic) bond motifs is 1. The highest BCUT2D eigenvalue weighted by Gasteiger charge is 2.54. The standard InChI is InChI=1S/C41H43O2Si2/c1-40(2,3)44(32-20-11-7-12-21-32,33-22-13-8-14-23-33)42-38-29-19-28-36-37(38)30-31-39(36)43-45(41(4,5)6,34-24-15-9-16-25-34)35-26-17-10-18-27-35/h7-31H,1-6H3. The van der Waals surface area contributed by atoms with Gasteiger partial charge in [-0.2, -0.15) is 0 Å². The Bertz CT molecular complexity index is 1670. The van der Waals surface area contributed by atoms with Gasteiger partial charge in [0.1, 0.15) is 11.9 Å². The van der Waals surface area contributed by atoms with Crippen molar-refractivity contribution in [3.8, 4) is 5.75 Å². The molecule has 4 heteroatoms. The van der Waals surface area contributed by atoms with Gasteiger partial charge in [0.2, 0.25) is 0 Å². The molecule has 0 aromatic heterocycles. The molecular weight excluding hydrogens is 581 g/mol. The van der Waals surface area contributed by atoms with Crippen molar-refractivity contribution in [3.05, 3.63) is 163 Å². The smallest absolute Gasteiger partial charge is 0.319 e. The minimum absolute atomic E-state index is 0.137. The van der Waals surface area contributed by atoms with E-state index in [4.69, 9.17) is 8.85 Å². The van der Waals surface area contributed by atoms with E-state index in [9.17, 15) is 0 Å². The second kappa shape index (κ2) is 12.1. The quantitative estimate of drug-likeness (QED) is 0.163. The molecule has 45 heavy (non-hydrogen) atoms. The highest BCUT2D eigenvalue weighted by atomic mass is 28.4. The van der Waals surface area contributed by atoms with Crippen molar-refractivity contribution in [1.29, 1.82) is 0 Å². The average Bonchev–Trinajstić information content (AvgIpc) is 3.46. The van der Waals surface area contributed by atoms with Crippen molar-refractivity contribution in [1.82, 2.24) is 0 Å². The maximum Gasteiger partial charge on any atom is 0.319 e. The monoisotopic (exact) mass is 623 g/mol. The largest absolute Gasteiger partial charge is 0.534 e. The predicted octanol–water partition coefficient (Wildman–Crippen LogP) is 8.11.